The van der Waals surface area contributed by atoms with Gasteiger partial charge in [0.1, 0.15) is 11.4 Å². The molecule has 0 aliphatic rings. The van der Waals surface area contributed by atoms with Crippen molar-refractivity contribution in [3.8, 4) is 0 Å². The Morgan fingerprint density at radius 2 is 2.21 bits per heavy atom. The van der Waals surface area contributed by atoms with Crippen LogP contribution in [0.2, 0.25) is 0 Å². The van der Waals surface area contributed by atoms with Crippen molar-refractivity contribution < 1.29 is 19.4 Å². The number of rotatable bonds is 7. The number of aliphatic carboxylic acids is 1. The van der Waals surface area contributed by atoms with E-state index in [0.717, 1.165) is 0 Å². The minimum Gasteiger partial charge on any atom is -0.481 e. The highest BCUT2D eigenvalue weighted by Crippen LogP contribution is 2.18. The second-order valence-electron chi connectivity index (χ2n) is 4.13. The zero-order chi connectivity index (χ0) is 14.6. The third-order valence-corrected chi connectivity index (χ3v) is 2.70. The first-order valence-corrected chi connectivity index (χ1v) is 5.68. The summed E-state index contributed by atoms with van der Waals surface area (Å²) in [5.74, 6) is -1.08. The van der Waals surface area contributed by atoms with Gasteiger partial charge >= 0.3 is 5.97 Å². The van der Waals surface area contributed by atoms with Crippen LogP contribution in [-0.4, -0.2) is 46.5 Å². The van der Waals surface area contributed by atoms with Crippen LogP contribution >= 0.6 is 0 Å². The van der Waals surface area contributed by atoms with E-state index < -0.39 is 18.0 Å². The summed E-state index contributed by atoms with van der Waals surface area (Å²) in [5, 5.41) is 15.8. The van der Waals surface area contributed by atoms with E-state index in [0.29, 0.717) is 17.1 Å². The fraction of sp³-hybridized carbons (Fsp3) is 0.545. The first kappa shape index (κ1) is 15.0. The molecule has 1 unspecified atom stereocenters. The van der Waals surface area contributed by atoms with Crippen molar-refractivity contribution in [2.24, 2.45) is 12.8 Å². The standard InChI is InChI=1S/C11H18N4O4/c1-6-9(10(12)18)11(15(2)14-6)13-5-7(19-3)4-8(16)17/h7,13H,4-5H2,1-3H3,(H2,12,18)(H,16,17). The Morgan fingerprint density at radius 1 is 1.58 bits per heavy atom. The largest absolute Gasteiger partial charge is 0.481 e. The highest BCUT2D eigenvalue weighted by atomic mass is 16.5. The lowest BCUT2D eigenvalue weighted by Gasteiger charge is -2.15. The smallest absolute Gasteiger partial charge is 0.306 e. The van der Waals surface area contributed by atoms with Crippen molar-refractivity contribution in [2.75, 3.05) is 19.0 Å². The number of nitrogens with zero attached hydrogens (tertiary/aromatic N) is 2. The number of methoxy groups -OCH3 is 1. The second-order valence-corrected chi connectivity index (χ2v) is 4.13. The third-order valence-electron chi connectivity index (χ3n) is 2.70. The molecule has 1 amide bonds. The van der Waals surface area contributed by atoms with E-state index in [-0.39, 0.29) is 13.0 Å². The lowest BCUT2D eigenvalue weighted by Crippen LogP contribution is -2.26. The summed E-state index contributed by atoms with van der Waals surface area (Å²) in [6.07, 6.45) is -0.639. The van der Waals surface area contributed by atoms with E-state index in [9.17, 15) is 9.59 Å². The maximum absolute atomic E-state index is 11.4. The van der Waals surface area contributed by atoms with Gasteiger partial charge in [0.05, 0.1) is 18.2 Å². The van der Waals surface area contributed by atoms with Gasteiger partial charge in [-0.1, -0.05) is 0 Å². The third kappa shape index (κ3) is 3.68. The summed E-state index contributed by atoms with van der Waals surface area (Å²) in [6, 6.07) is 0. The summed E-state index contributed by atoms with van der Waals surface area (Å²) in [5.41, 5.74) is 6.11. The summed E-state index contributed by atoms with van der Waals surface area (Å²) in [6.45, 7) is 1.92. The zero-order valence-corrected chi connectivity index (χ0v) is 11.1. The van der Waals surface area contributed by atoms with Crippen LogP contribution in [0.3, 0.4) is 0 Å². The number of hydrogen-bond acceptors (Lipinski definition) is 5. The van der Waals surface area contributed by atoms with E-state index in [1.54, 1.807) is 14.0 Å². The van der Waals surface area contributed by atoms with Gasteiger partial charge in [0.2, 0.25) is 0 Å². The molecule has 0 bridgehead atoms. The highest BCUT2D eigenvalue weighted by molar-refractivity contribution is 5.98. The molecule has 1 rings (SSSR count). The number of aryl methyl sites for hydroxylation is 2. The molecule has 0 saturated heterocycles. The Labute approximate surface area is 110 Å². The monoisotopic (exact) mass is 270 g/mol. The number of amides is 1. The molecule has 1 aromatic rings. The van der Waals surface area contributed by atoms with Gasteiger partial charge in [0.25, 0.3) is 5.91 Å². The topological polar surface area (TPSA) is 119 Å². The Hall–Kier alpha value is -2.09. The van der Waals surface area contributed by atoms with Crippen LogP contribution in [0, 0.1) is 6.92 Å². The van der Waals surface area contributed by atoms with Gasteiger partial charge in [-0.05, 0) is 6.92 Å². The molecule has 1 atom stereocenters. The van der Waals surface area contributed by atoms with E-state index >= 15 is 0 Å². The van der Waals surface area contributed by atoms with Crippen LogP contribution in [0.25, 0.3) is 0 Å². The predicted octanol–water partition coefficient (Wildman–Crippen LogP) is -0.271. The number of nitrogens with one attached hydrogen (secondary N) is 1. The number of carboxylic acid groups (broad SMARTS) is 1. The number of nitrogens with two attached hydrogens (primary N) is 1. The molecule has 8 heteroatoms. The first-order valence-electron chi connectivity index (χ1n) is 5.68. The molecule has 0 fully saturated rings. The number of carbonyl (C=O) groups excluding carboxylic acids is 1. The normalized spacial score (nSPS) is 12.2. The maximum atomic E-state index is 11.4. The molecular weight excluding hydrogens is 252 g/mol. The lowest BCUT2D eigenvalue weighted by molar-refractivity contribution is -0.139. The number of carbonyl (C=O) groups is 2. The number of hydrogen-bond donors (Lipinski definition) is 3. The van der Waals surface area contributed by atoms with E-state index in [2.05, 4.69) is 10.4 Å². The minimum absolute atomic E-state index is 0.133. The maximum Gasteiger partial charge on any atom is 0.306 e. The second kappa shape index (κ2) is 6.19. The average molecular weight is 270 g/mol. The van der Waals surface area contributed by atoms with Gasteiger partial charge in [0, 0.05) is 20.7 Å². The van der Waals surface area contributed by atoms with Crippen molar-refractivity contribution in [2.45, 2.75) is 19.4 Å². The molecule has 0 spiro atoms. The van der Waals surface area contributed by atoms with E-state index in [1.807, 2.05) is 0 Å². The lowest BCUT2D eigenvalue weighted by atomic mass is 10.2. The van der Waals surface area contributed by atoms with Crippen LogP contribution < -0.4 is 11.1 Å². The average Bonchev–Trinajstić information content (AvgIpc) is 2.58. The number of aromatic nitrogens is 2. The van der Waals surface area contributed by atoms with Crippen LogP contribution in [0.4, 0.5) is 5.82 Å². The van der Waals surface area contributed by atoms with Gasteiger partial charge in [-0.15, -0.1) is 0 Å². The van der Waals surface area contributed by atoms with E-state index in [4.69, 9.17) is 15.6 Å². The van der Waals surface area contributed by atoms with Crippen LogP contribution in [0.1, 0.15) is 22.5 Å². The van der Waals surface area contributed by atoms with Crippen molar-refractivity contribution in [1.29, 1.82) is 0 Å². The Morgan fingerprint density at radius 3 is 2.68 bits per heavy atom. The van der Waals surface area contributed by atoms with Crippen LogP contribution in [0.15, 0.2) is 0 Å². The molecule has 0 aromatic carbocycles. The number of anilines is 1. The quantitative estimate of drug-likeness (QED) is 0.627. The Kier molecular flexibility index (Phi) is 4.87. The molecule has 1 heterocycles. The van der Waals surface area contributed by atoms with Crippen molar-refractivity contribution in [1.82, 2.24) is 9.78 Å². The molecule has 8 nitrogen and oxygen atoms in total. The van der Waals surface area contributed by atoms with Crippen molar-refractivity contribution in [3.05, 3.63) is 11.3 Å². The minimum atomic E-state index is -0.954. The van der Waals surface area contributed by atoms with Gasteiger partial charge in [-0.25, -0.2) is 0 Å². The fourth-order valence-electron chi connectivity index (χ4n) is 1.80. The summed E-state index contributed by atoms with van der Waals surface area (Å²) < 4.78 is 6.53. The number of primary amides is 1. The Bertz CT molecular complexity index is 483. The molecule has 0 radical (unpaired) electrons. The van der Waals surface area contributed by atoms with Gasteiger partial charge in [-0.2, -0.15) is 5.10 Å². The molecule has 1 aromatic heterocycles. The molecule has 0 aliphatic heterocycles. The molecule has 0 saturated carbocycles. The number of carboxylic acids is 1. The summed E-state index contributed by atoms with van der Waals surface area (Å²) in [4.78, 5) is 22.0. The van der Waals surface area contributed by atoms with Gasteiger partial charge in [-0.3, -0.25) is 14.3 Å². The predicted molar refractivity (Wildman–Crippen MR) is 68.0 cm³/mol. The fourth-order valence-corrected chi connectivity index (χ4v) is 1.80. The van der Waals surface area contributed by atoms with Crippen LogP contribution in [0.5, 0.6) is 0 Å². The number of ether oxygens (including phenoxy) is 1. The zero-order valence-electron chi connectivity index (χ0n) is 11.1. The molecular formula is C11H18N4O4. The molecule has 4 N–H and O–H groups in total. The van der Waals surface area contributed by atoms with E-state index in [1.165, 1.54) is 11.8 Å². The molecule has 0 aliphatic carbocycles. The molecule has 19 heavy (non-hydrogen) atoms. The summed E-state index contributed by atoms with van der Waals surface area (Å²) >= 11 is 0. The van der Waals surface area contributed by atoms with Crippen molar-refractivity contribution in [3.63, 3.8) is 0 Å². The van der Waals surface area contributed by atoms with Gasteiger partial charge < -0.3 is 20.9 Å². The SMILES string of the molecule is COC(CNc1c(C(N)=O)c(C)nn1C)CC(=O)O. The van der Waals surface area contributed by atoms with Crippen molar-refractivity contribution >= 4 is 17.7 Å². The first-order chi connectivity index (χ1) is 8.86. The summed E-state index contributed by atoms with van der Waals surface area (Å²) in [7, 11) is 3.10. The van der Waals surface area contributed by atoms with Crippen LogP contribution in [-0.2, 0) is 16.6 Å². The Balaban J connectivity index is 2.82. The van der Waals surface area contributed by atoms with Gasteiger partial charge in [0.15, 0.2) is 0 Å². The molecule has 106 valence electrons. The highest BCUT2D eigenvalue weighted by Gasteiger charge is 2.19.